The van der Waals surface area contributed by atoms with Crippen molar-refractivity contribution in [1.82, 2.24) is 10.1 Å². The Morgan fingerprint density at radius 1 is 1.17 bits per heavy atom. The molecule has 1 aliphatic heterocycles. The van der Waals surface area contributed by atoms with Gasteiger partial charge in [-0.3, -0.25) is 4.79 Å². The van der Waals surface area contributed by atoms with Crippen molar-refractivity contribution < 1.29 is 23.2 Å². The Bertz CT molecular complexity index is 1070. The summed E-state index contributed by atoms with van der Waals surface area (Å²) in [5.74, 6) is 1.23. The average molecular weight is 397 g/mol. The molecule has 1 aliphatic rings. The topological polar surface area (TPSA) is 77.7 Å². The minimum atomic E-state index is -0.341. The lowest BCUT2D eigenvalue weighted by Crippen LogP contribution is -2.24. The lowest BCUT2D eigenvalue weighted by atomic mass is 10.1. The average Bonchev–Trinajstić information content (AvgIpc) is 3.36. The van der Waals surface area contributed by atoms with E-state index in [1.165, 1.54) is 6.07 Å². The number of hydrogen-bond acceptors (Lipinski definition) is 6. The molecule has 2 aromatic carbocycles. The van der Waals surface area contributed by atoms with Crippen LogP contribution < -0.4 is 14.4 Å². The first-order chi connectivity index (χ1) is 14.0. The van der Waals surface area contributed by atoms with Crippen molar-refractivity contribution in [1.29, 1.82) is 0 Å². The molecular weight excluding hydrogens is 377 g/mol. The molecule has 0 aliphatic carbocycles. The van der Waals surface area contributed by atoms with Gasteiger partial charge < -0.3 is 18.9 Å². The van der Waals surface area contributed by atoms with Crippen LogP contribution in [0, 0.1) is 12.7 Å². The predicted molar refractivity (Wildman–Crippen MR) is 104 cm³/mol. The van der Waals surface area contributed by atoms with Crippen molar-refractivity contribution in [3.8, 4) is 23.0 Å². The summed E-state index contributed by atoms with van der Waals surface area (Å²) in [4.78, 5) is 18.5. The van der Waals surface area contributed by atoms with Crippen LogP contribution in [0.3, 0.4) is 0 Å². The van der Waals surface area contributed by atoms with Crippen molar-refractivity contribution >= 4 is 11.6 Å². The van der Waals surface area contributed by atoms with Gasteiger partial charge in [-0.2, -0.15) is 4.98 Å². The zero-order valence-corrected chi connectivity index (χ0v) is 16.3. The van der Waals surface area contributed by atoms with Crippen LogP contribution in [-0.2, 0) is 4.79 Å². The standard InChI is InChI=1S/C21H20FN3O4/c1-12-4-5-14(9-17(12)22)25-11-13(8-19(25)26)20-23-21(29-24-20)16-7-6-15(27-2)10-18(16)28-3/h4-7,9-10,13H,8,11H2,1-3H3. The highest BCUT2D eigenvalue weighted by Crippen LogP contribution is 2.35. The maximum atomic E-state index is 13.9. The van der Waals surface area contributed by atoms with Crippen LogP contribution in [0.5, 0.6) is 11.5 Å². The van der Waals surface area contributed by atoms with Gasteiger partial charge in [-0.05, 0) is 36.8 Å². The third-order valence-electron chi connectivity index (χ3n) is 5.04. The number of ether oxygens (including phenoxy) is 2. The van der Waals surface area contributed by atoms with E-state index in [4.69, 9.17) is 14.0 Å². The minimum Gasteiger partial charge on any atom is -0.497 e. The zero-order chi connectivity index (χ0) is 20.5. The van der Waals surface area contributed by atoms with Gasteiger partial charge in [0.25, 0.3) is 5.89 Å². The third-order valence-corrected chi connectivity index (χ3v) is 5.04. The van der Waals surface area contributed by atoms with Gasteiger partial charge in [-0.15, -0.1) is 0 Å². The smallest absolute Gasteiger partial charge is 0.261 e. The monoisotopic (exact) mass is 397 g/mol. The largest absolute Gasteiger partial charge is 0.497 e. The van der Waals surface area contributed by atoms with Gasteiger partial charge in [0.05, 0.1) is 19.8 Å². The van der Waals surface area contributed by atoms with Crippen LogP contribution in [0.1, 0.15) is 23.7 Å². The van der Waals surface area contributed by atoms with E-state index in [-0.39, 0.29) is 24.1 Å². The Morgan fingerprint density at radius 2 is 2.00 bits per heavy atom. The minimum absolute atomic E-state index is 0.105. The first kappa shape index (κ1) is 18.9. The molecule has 150 valence electrons. The van der Waals surface area contributed by atoms with Gasteiger partial charge in [0.2, 0.25) is 5.91 Å². The maximum absolute atomic E-state index is 13.9. The molecule has 1 atom stereocenters. The molecule has 0 radical (unpaired) electrons. The van der Waals surface area contributed by atoms with Crippen LogP contribution in [0.25, 0.3) is 11.5 Å². The summed E-state index contributed by atoms with van der Waals surface area (Å²) in [5, 5.41) is 4.06. The Balaban J connectivity index is 1.57. The van der Waals surface area contributed by atoms with E-state index in [1.807, 2.05) is 0 Å². The zero-order valence-electron chi connectivity index (χ0n) is 16.3. The molecule has 1 fully saturated rings. The van der Waals surface area contributed by atoms with Crippen molar-refractivity contribution in [2.24, 2.45) is 0 Å². The van der Waals surface area contributed by atoms with Gasteiger partial charge in [-0.1, -0.05) is 11.2 Å². The molecule has 29 heavy (non-hydrogen) atoms. The van der Waals surface area contributed by atoms with Gasteiger partial charge in [0.15, 0.2) is 5.82 Å². The SMILES string of the molecule is COc1ccc(-c2nc(C3CC(=O)N(c4ccc(C)c(F)c4)C3)no2)c(OC)c1. The number of hydrogen-bond donors (Lipinski definition) is 0. The number of benzene rings is 2. The number of aromatic nitrogens is 2. The highest BCUT2D eigenvalue weighted by atomic mass is 19.1. The number of aryl methyl sites for hydroxylation is 1. The van der Waals surface area contributed by atoms with E-state index in [0.29, 0.717) is 46.6 Å². The van der Waals surface area contributed by atoms with Crippen molar-refractivity contribution in [3.63, 3.8) is 0 Å². The molecule has 0 bridgehead atoms. The lowest BCUT2D eigenvalue weighted by Gasteiger charge is -2.16. The number of methoxy groups -OCH3 is 2. The van der Waals surface area contributed by atoms with Crippen molar-refractivity contribution in [3.05, 3.63) is 53.6 Å². The van der Waals surface area contributed by atoms with Gasteiger partial charge in [-0.25, -0.2) is 4.39 Å². The number of nitrogens with zero attached hydrogens (tertiary/aromatic N) is 3. The number of anilines is 1. The molecule has 8 heteroatoms. The summed E-state index contributed by atoms with van der Waals surface area (Å²) in [5.41, 5.74) is 1.70. The fourth-order valence-electron chi connectivity index (χ4n) is 3.37. The molecular formula is C21H20FN3O4. The Labute approximate surface area is 167 Å². The summed E-state index contributed by atoms with van der Waals surface area (Å²) >= 11 is 0. The number of carbonyl (C=O) groups is 1. The van der Waals surface area contributed by atoms with Crippen molar-refractivity contribution in [2.45, 2.75) is 19.3 Å². The summed E-state index contributed by atoms with van der Waals surface area (Å²) in [7, 11) is 3.12. The van der Waals surface area contributed by atoms with E-state index in [1.54, 1.807) is 56.4 Å². The van der Waals surface area contributed by atoms with Crippen molar-refractivity contribution in [2.75, 3.05) is 25.7 Å². The van der Waals surface area contributed by atoms with Crippen LogP contribution >= 0.6 is 0 Å². The van der Waals surface area contributed by atoms with Crippen LogP contribution in [-0.4, -0.2) is 36.8 Å². The summed E-state index contributed by atoms with van der Waals surface area (Å²) in [6.45, 7) is 2.04. The molecule has 1 aromatic heterocycles. The number of amides is 1. The molecule has 0 spiro atoms. The van der Waals surface area contributed by atoms with E-state index < -0.39 is 0 Å². The Hall–Kier alpha value is -3.42. The molecule has 1 saturated heterocycles. The lowest BCUT2D eigenvalue weighted by molar-refractivity contribution is -0.117. The van der Waals surface area contributed by atoms with E-state index in [2.05, 4.69) is 10.1 Å². The quantitative estimate of drug-likeness (QED) is 0.653. The highest BCUT2D eigenvalue weighted by molar-refractivity contribution is 5.96. The molecule has 0 saturated carbocycles. The second-order valence-corrected chi connectivity index (χ2v) is 6.86. The van der Waals surface area contributed by atoms with Gasteiger partial charge >= 0.3 is 0 Å². The second kappa shape index (κ2) is 7.54. The molecule has 2 heterocycles. The number of rotatable bonds is 5. The summed E-state index contributed by atoms with van der Waals surface area (Å²) in [6.07, 6.45) is 0.230. The first-order valence-electron chi connectivity index (χ1n) is 9.12. The third kappa shape index (κ3) is 3.53. The molecule has 1 unspecified atom stereocenters. The Morgan fingerprint density at radius 3 is 2.72 bits per heavy atom. The van der Waals surface area contributed by atoms with E-state index in [0.717, 1.165) is 0 Å². The van der Waals surface area contributed by atoms with Gasteiger partial charge in [0, 0.05) is 30.6 Å². The van der Waals surface area contributed by atoms with E-state index in [9.17, 15) is 9.18 Å². The molecule has 3 aromatic rings. The van der Waals surface area contributed by atoms with Crippen LogP contribution in [0.2, 0.25) is 0 Å². The molecule has 4 rings (SSSR count). The fourth-order valence-corrected chi connectivity index (χ4v) is 3.37. The van der Waals surface area contributed by atoms with E-state index >= 15 is 0 Å². The van der Waals surface area contributed by atoms with Crippen LogP contribution in [0.4, 0.5) is 10.1 Å². The summed E-state index contributed by atoms with van der Waals surface area (Å²) in [6, 6.07) is 10.0. The Kier molecular flexibility index (Phi) is 4.92. The van der Waals surface area contributed by atoms with Crippen LogP contribution in [0.15, 0.2) is 40.9 Å². The number of carbonyl (C=O) groups excluding carboxylic acids is 1. The highest BCUT2D eigenvalue weighted by Gasteiger charge is 2.35. The molecule has 1 amide bonds. The van der Waals surface area contributed by atoms with Gasteiger partial charge in [0.1, 0.15) is 17.3 Å². The molecule has 7 nitrogen and oxygen atoms in total. The predicted octanol–water partition coefficient (Wildman–Crippen LogP) is 3.72. The molecule has 0 N–H and O–H groups in total. The maximum Gasteiger partial charge on any atom is 0.261 e. The number of halogens is 1. The fraction of sp³-hybridized carbons (Fsp3) is 0.286. The second-order valence-electron chi connectivity index (χ2n) is 6.86. The first-order valence-corrected chi connectivity index (χ1v) is 9.12. The normalized spacial score (nSPS) is 16.3. The summed E-state index contributed by atoms with van der Waals surface area (Å²) < 4.78 is 29.9.